The molecule has 3 aromatic rings. The molecule has 2 heterocycles. The van der Waals surface area contributed by atoms with E-state index in [1.54, 1.807) is 17.1 Å². The van der Waals surface area contributed by atoms with Gasteiger partial charge in [-0.05, 0) is 12.5 Å². The highest BCUT2D eigenvalue weighted by molar-refractivity contribution is 5.89. The highest BCUT2D eigenvalue weighted by Gasteiger charge is 2.19. The SMILES string of the molecule is CCn1cc(NC(=O)N[C@H](Cc2ccccc2)c2n[nH]c(=O)[nH]2)cn1. The average Bonchev–Trinajstić information content (AvgIpc) is 3.24. The van der Waals surface area contributed by atoms with E-state index in [0.29, 0.717) is 24.5 Å². The number of anilines is 1. The summed E-state index contributed by atoms with van der Waals surface area (Å²) in [6, 6.07) is 8.76. The molecule has 0 radical (unpaired) electrons. The van der Waals surface area contributed by atoms with Gasteiger partial charge >= 0.3 is 11.7 Å². The van der Waals surface area contributed by atoms with Crippen molar-refractivity contribution in [1.82, 2.24) is 30.3 Å². The first-order valence-electron chi connectivity index (χ1n) is 7.92. The molecule has 0 unspecified atom stereocenters. The van der Waals surface area contributed by atoms with Crippen LogP contribution >= 0.6 is 0 Å². The summed E-state index contributed by atoms with van der Waals surface area (Å²) < 4.78 is 1.71. The molecule has 1 atom stereocenters. The van der Waals surface area contributed by atoms with Gasteiger partial charge in [-0.2, -0.15) is 10.2 Å². The molecule has 130 valence electrons. The van der Waals surface area contributed by atoms with Crippen LogP contribution in [0.2, 0.25) is 0 Å². The molecule has 1 aromatic carbocycles. The summed E-state index contributed by atoms with van der Waals surface area (Å²) in [5.74, 6) is 0.369. The van der Waals surface area contributed by atoms with E-state index in [9.17, 15) is 9.59 Å². The molecule has 0 aliphatic carbocycles. The number of hydrogen-bond donors (Lipinski definition) is 4. The van der Waals surface area contributed by atoms with Crippen molar-refractivity contribution >= 4 is 11.7 Å². The van der Waals surface area contributed by atoms with Gasteiger partial charge in [-0.3, -0.25) is 9.67 Å². The average molecular weight is 341 g/mol. The fourth-order valence-electron chi connectivity index (χ4n) is 2.44. The highest BCUT2D eigenvalue weighted by Crippen LogP contribution is 2.14. The van der Waals surface area contributed by atoms with E-state index in [0.717, 1.165) is 5.56 Å². The lowest BCUT2D eigenvalue weighted by molar-refractivity contribution is 0.248. The molecule has 0 spiro atoms. The first-order valence-corrected chi connectivity index (χ1v) is 7.92. The molecule has 0 bridgehead atoms. The van der Waals surface area contributed by atoms with Crippen LogP contribution in [0, 0.1) is 0 Å². The third kappa shape index (κ3) is 4.34. The van der Waals surface area contributed by atoms with Gasteiger partial charge in [-0.25, -0.2) is 14.7 Å². The van der Waals surface area contributed by atoms with Crippen LogP contribution in [0.25, 0.3) is 0 Å². The molecule has 9 nitrogen and oxygen atoms in total. The van der Waals surface area contributed by atoms with Crippen LogP contribution in [0.3, 0.4) is 0 Å². The zero-order valence-electron chi connectivity index (χ0n) is 13.7. The van der Waals surface area contributed by atoms with Gasteiger partial charge in [0.05, 0.1) is 17.9 Å². The lowest BCUT2D eigenvalue weighted by Crippen LogP contribution is -2.34. The number of nitrogens with one attached hydrogen (secondary N) is 4. The van der Waals surface area contributed by atoms with Crippen LogP contribution in [0.1, 0.15) is 24.4 Å². The number of urea groups is 1. The molecule has 3 rings (SSSR count). The molecule has 4 N–H and O–H groups in total. The topological polar surface area (TPSA) is 120 Å². The first kappa shape index (κ1) is 16.5. The number of aromatic amines is 2. The Morgan fingerprint density at radius 2 is 2.12 bits per heavy atom. The van der Waals surface area contributed by atoms with Crippen LogP contribution in [0.4, 0.5) is 10.5 Å². The van der Waals surface area contributed by atoms with Crippen molar-refractivity contribution in [3.05, 3.63) is 64.6 Å². The third-order valence-corrected chi connectivity index (χ3v) is 3.65. The van der Waals surface area contributed by atoms with Crippen LogP contribution < -0.4 is 16.3 Å². The quantitative estimate of drug-likeness (QED) is 0.542. The number of hydrogen-bond acceptors (Lipinski definition) is 4. The molecule has 2 amide bonds. The number of amides is 2. The van der Waals surface area contributed by atoms with Gasteiger partial charge in [0.2, 0.25) is 0 Å². The van der Waals surface area contributed by atoms with Crippen LogP contribution in [0.5, 0.6) is 0 Å². The highest BCUT2D eigenvalue weighted by atomic mass is 16.2. The normalized spacial score (nSPS) is 11.9. The Labute approximate surface area is 143 Å². The fraction of sp³-hybridized carbons (Fsp3) is 0.250. The molecule has 0 aliphatic heterocycles. The molecule has 2 aromatic heterocycles. The summed E-state index contributed by atoms with van der Waals surface area (Å²) in [7, 11) is 0. The zero-order valence-corrected chi connectivity index (χ0v) is 13.7. The van der Waals surface area contributed by atoms with Gasteiger partial charge in [0, 0.05) is 19.2 Å². The smallest absolute Gasteiger partial charge is 0.328 e. The van der Waals surface area contributed by atoms with E-state index in [2.05, 4.69) is 30.9 Å². The van der Waals surface area contributed by atoms with E-state index in [1.807, 2.05) is 37.3 Å². The summed E-state index contributed by atoms with van der Waals surface area (Å²) in [6.45, 7) is 2.68. The number of rotatable bonds is 6. The Morgan fingerprint density at radius 1 is 1.32 bits per heavy atom. The second-order valence-corrected chi connectivity index (χ2v) is 5.49. The largest absolute Gasteiger partial charge is 0.340 e. The van der Waals surface area contributed by atoms with Crippen molar-refractivity contribution in [2.24, 2.45) is 0 Å². The molecule has 0 fully saturated rings. The van der Waals surface area contributed by atoms with Crippen molar-refractivity contribution in [1.29, 1.82) is 0 Å². The minimum atomic E-state index is -0.484. The summed E-state index contributed by atoms with van der Waals surface area (Å²) in [5.41, 5.74) is 1.18. The standard InChI is InChI=1S/C16H19N7O2/c1-2-23-10-12(9-17-23)18-15(24)19-13(14-20-16(25)22-21-14)8-11-6-4-3-5-7-11/h3-7,9-10,13H,2,8H2,1H3,(H2,18,19,24)(H2,20,21,22,25)/t13-/m1/s1. The second-order valence-electron chi connectivity index (χ2n) is 5.49. The predicted molar refractivity (Wildman–Crippen MR) is 92.2 cm³/mol. The fourth-order valence-corrected chi connectivity index (χ4v) is 2.44. The van der Waals surface area contributed by atoms with E-state index >= 15 is 0 Å². The van der Waals surface area contributed by atoms with Crippen LogP contribution in [-0.2, 0) is 13.0 Å². The molecular weight excluding hydrogens is 322 g/mol. The Kier molecular flexibility index (Phi) is 4.93. The summed E-state index contributed by atoms with van der Waals surface area (Å²) >= 11 is 0. The number of carbonyl (C=O) groups excluding carboxylic acids is 1. The summed E-state index contributed by atoms with van der Waals surface area (Å²) in [6.07, 6.45) is 3.80. The number of nitrogens with zero attached hydrogens (tertiary/aromatic N) is 3. The maximum Gasteiger partial charge on any atom is 0.340 e. The van der Waals surface area contributed by atoms with Crippen molar-refractivity contribution in [3.63, 3.8) is 0 Å². The maximum atomic E-state index is 12.3. The van der Waals surface area contributed by atoms with Crippen LogP contribution in [-0.4, -0.2) is 31.0 Å². The van der Waals surface area contributed by atoms with Gasteiger partial charge in [0.15, 0.2) is 5.82 Å². The lowest BCUT2D eigenvalue weighted by atomic mass is 10.1. The van der Waals surface area contributed by atoms with Gasteiger partial charge < -0.3 is 10.6 Å². The van der Waals surface area contributed by atoms with Crippen LogP contribution in [0.15, 0.2) is 47.5 Å². The first-order chi connectivity index (χ1) is 12.1. The van der Waals surface area contributed by atoms with E-state index < -0.39 is 17.8 Å². The number of H-pyrrole nitrogens is 2. The number of carbonyl (C=O) groups is 1. The molecule has 25 heavy (non-hydrogen) atoms. The Balaban J connectivity index is 1.72. The molecule has 0 aliphatic rings. The minimum absolute atomic E-state index is 0.369. The van der Waals surface area contributed by atoms with Gasteiger partial charge in [-0.1, -0.05) is 30.3 Å². The molecular formula is C16H19N7O2. The summed E-state index contributed by atoms with van der Waals surface area (Å²) in [4.78, 5) is 26.2. The van der Waals surface area contributed by atoms with Crippen molar-refractivity contribution in [2.75, 3.05) is 5.32 Å². The minimum Gasteiger partial charge on any atom is -0.328 e. The molecule has 0 saturated heterocycles. The second kappa shape index (κ2) is 7.47. The van der Waals surface area contributed by atoms with Gasteiger partial charge in [0.1, 0.15) is 0 Å². The lowest BCUT2D eigenvalue weighted by Gasteiger charge is -2.16. The molecule has 9 heteroatoms. The Morgan fingerprint density at radius 3 is 2.76 bits per heavy atom. The number of benzene rings is 1. The third-order valence-electron chi connectivity index (χ3n) is 3.65. The van der Waals surface area contributed by atoms with Crippen molar-refractivity contribution < 1.29 is 4.79 Å². The Bertz CT molecular complexity index is 881. The molecule has 0 saturated carbocycles. The van der Waals surface area contributed by atoms with E-state index in [-0.39, 0.29) is 0 Å². The van der Waals surface area contributed by atoms with E-state index in [4.69, 9.17) is 0 Å². The Hall–Kier alpha value is -3.36. The van der Waals surface area contributed by atoms with Gasteiger partial charge in [0.25, 0.3) is 0 Å². The summed E-state index contributed by atoms with van der Waals surface area (Å²) in [5, 5.41) is 15.9. The van der Waals surface area contributed by atoms with E-state index in [1.165, 1.54) is 0 Å². The van der Waals surface area contributed by atoms with Crippen molar-refractivity contribution in [3.8, 4) is 0 Å². The van der Waals surface area contributed by atoms with Crippen molar-refractivity contribution in [2.45, 2.75) is 25.9 Å². The zero-order chi connectivity index (χ0) is 17.6. The maximum absolute atomic E-state index is 12.3. The number of aromatic nitrogens is 5. The monoisotopic (exact) mass is 341 g/mol. The predicted octanol–water partition coefficient (Wildman–Crippen LogP) is 1.42. The number of aryl methyl sites for hydroxylation is 1. The van der Waals surface area contributed by atoms with Gasteiger partial charge in [-0.15, -0.1) is 0 Å².